The van der Waals surface area contributed by atoms with Crippen LogP contribution in [0.15, 0.2) is 18.5 Å². The maximum Gasteiger partial charge on any atom is 0.155 e. The normalized spacial score (nSPS) is 17.6. The molecule has 0 spiro atoms. The molecule has 2 aromatic heterocycles. The number of rotatable bonds is 1. The highest BCUT2D eigenvalue weighted by Crippen LogP contribution is 2.47. The molecule has 1 saturated carbocycles. The fourth-order valence-electron chi connectivity index (χ4n) is 1.83. The van der Waals surface area contributed by atoms with E-state index in [1.54, 1.807) is 10.7 Å². The molecule has 0 radical (unpaired) electrons. The Morgan fingerprint density at radius 3 is 3.00 bits per heavy atom. The molecule has 74 valence electrons. The largest absolute Gasteiger partial charge is 0.237 e. The maximum absolute atomic E-state index is 9.08. The van der Waals surface area contributed by atoms with Crippen LogP contribution < -0.4 is 0 Å². The molecule has 0 unspecified atom stereocenters. The molecule has 0 amide bonds. The lowest BCUT2D eigenvalue weighted by Crippen LogP contribution is -2.05. The van der Waals surface area contributed by atoms with Crippen molar-refractivity contribution in [1.29, 1.82) is 5.26 Å². The average Bonchev–Trinajstić information content (AvgIpc) is 2.94. The highest BCUT2D eigenvalue weighted by molar-refractivity contribution is 5.43. The molecule has 1 aliphatic carbocycles. The lowest BCUT2D eigenvalue weighted by atomic mass is 10.0. The first-order chi connectivity index (χ1) is 7.23. The molecule has 1 aliphatic rings. The highest BCUT2D eigenvalue weighted by Gasteiger charge is 2.45. The molecule has 0 aromatic carbocycles. The van der Waals surface area contributed by atoms with Crippen molar-refractivity contribution in [2.45, 2.75) is 25.2 Å². The van der Waals surface area contributed by atoms with Crippen molar-refractivity contribution >= 4 is 5.65 Å². The number of aromatic nitrogens is 3. The number of aryl methyl sites for hydroxylation is 1. The zero-order valence-corrected chi connectivity index (χ0v) is 8.44. The minimum Gasteiger partial charge on any atom is -0.237 e. The SMILES string of the molecule is Cc1cc2ncc(C3(C#N)CC3)cn2n1. The Hall–Kier alpha value is -1.89. The molecule has 0 bridgehead atoms. The number of hydrogen-bond donors (Lipinski definition) is 0. The van der Waals surface area contributed by atoms with E-state index in [1.165, 1.54) is 0 Å². The topological polar surface area (TPSA) is 54.0 Å². The fourth-order valence-corrected chi connectivity index (χ4v) is 1.83. The third-order valence-electron chi connectivity index (χ3n) is 2.95. The van der Waals surface area contributed by atoms with E-state index in [9.17, 15) is 0 Å². The van der Waals surface area contributed by atoms with Gasteiger partial charge in [-0.25, -0.2) is 9.50 Å². The van der Waals surface area contributed by atoms with Crippen LogP contribution in [0.5, 0.6) is 0 Å². The number of hydrogen-bond acceptors (Lipinski definition) is 3. The quantitative estimate of drug-likeness (QED) is 0.699. The van der Waals surface area contributed by atoms with Gasteiger partial charge in [0.25, 0.3) is 0 Å². The maximum atomic E-state index is 9.08. The monoisotopic (exact) mass is 198 g/mol. The van der Waals surface area contributed by atoms with Gasteiger partial charge in [-0.15, -0.1) is 0 Å². The minimum atomic E-state index is -0.277. The molecular weight excluding hydrogens is 188 g/mol. The van der Waals surface area contributed by atoms with Crippen LogP contribution in [0.25, 0.3) is 5.65 Å². The van der Waals surface area contributed by atoms with Crippen molar-refractivity contribution in [2.75, 3.05) is 0 Å². The summed E-state index contributed by atoms with van der Waals surface area (Å²) in [6, 6.07) is 4.29. The number of nitrogens with zero attached hydrogens (tertiary/aromatic N) is 4. The van der Waals surface area contributed by atoms with Crippen LogP contribution in [0.3, 0.4) is 0 Å². The molecule has 0 atom stereocenters. The smallest absolute Gasteiger partial charge is 0.155 e. The lowest BCUT2D eigenvalue weighted by molar-refractivity contribution is 0.837. The molecule has 2 heterocycles. The van der Waals surface area contributed by atoms with E-state index in [1.807, 2.05) is 19.2 Å². The first kappa shape index (κ1) is 8.42. The molecule has 1 fully saturated rings. The third kappa shape index (κ3) is 1.13. The Kier molecular flexibility index (Phi) is 1.44. The summed E-state index contributed by atoms with van der Waals surface area (Å²) in [5, 5.41) is 13.4. The average molecular weight is 198 g/mol. The van der Waals surface area contributed by atoms with Crippen LogP contribution in [-0.2, 0) is 5.41 Å². The van der Waals surface area contributed by atoms with E-state index in [2.05, 4.69) is 16.2 Å². The number of fused-ring (bicyclic) bond motifs is 1. The van der Waals surface area contributed by atoms with E-state index >= 15 is 0 Å². The van der Waals surface area contributed by atoms with Crippen molar-refractivity contribution in [3.8, 4) is 6.07 Å². The first-order valence-electron chi connectivity index (χ1n) is 4.97. The molecule has 0 N–H and O–H groups in total. The van der Waals surface area contributed by atoms with Crippen LogP contribution >= 0.6 is 0 Å². The highest BCUT2D eigenvalue weighted by atomic mass is 15.2. The second kappa shape index (κ2) is 2.57. The van der Waals surface area contributed by atoms with Crippen molar-refractivity contribution in [3.63, 3.8) is 0 Å². The molecule has 0 saturated heterocycles. The summed E-state index contributed by atoms with van der Waals surface area (Å²) >= 11 is 0. The Balaban J connectivity index is 2.18. The molecule has 2 aromatic rings. The Morgan fingerprint density at radius 2 is 2.33 bits per heavy atom. The second-order valence-electron chi connectivity index (χ2n) is 4.13. The lowest BCUT2D eigenvalue weighted by Gasteiger charge is -2.04. The molecule has 15 heavy (non-hydrogen) atoms. The van der Waals surface area contributed by atoms with Crippen molar-refractivity contribution in [3.05, 3.63) is 29.7 Å². The summed E-state index contributed by atoms with van der Waals surface area (Å²) in [5.41, 5.74) is 2.49. The van der Waals surface area contributed by atoms with Gasteiger partial charge in [-0.2, -0.15) is 10.4 Å². The predicted molar refractivity (Wildman–Crippen MR) is 54.2 cm³/mol. The Morgan fingerprint density at radius 1 is 1.53 bits per heavy atom. The predicted octanol–water partition coefficient (Wildman–Crippen LogP) is 1.59. The summed E-state index contributed by atoms with van der Waals surface area (Å²) < 4.78 is 1.75. The van der Waals surface area contributed by atoms with E-state index in [-0.39, 0.29) is 5.41 Å². The standard InChI is InChI=1S/C11H10N4/c1-8-4-10-13-5-9(6-15(10)14-8)11(7-12)2-3-11/h4-6H,2-3H2,1H3. The fraction of sp³-hybridized carbons (Fsp3) is 0.364. The van der Waals surface area contributed by atoms with Gasteiger partial charge in [-0.3, -0.25) is 0 Å². The van der Waals surface area contributed by atoms with Gasteiger partial charge in [0.2, 0.25) is 0 Å². The van der Waals surface area contributed by atoms with Gasteiger partial charge >= 0.3 is 0 Å². The van der Waals surface area contributed by atoms with Gasteiger partial charge < -0.3 is 0 Å². The van der Waals surface area contributed by atoms with Gasteiger partial charge in [0, 0.05) is 24.0 Å². The third-order valence-corrected chi connectivity index (χ3v) is 2.95. The Bertz CT molecular complexity index is 572. The summed E-state index contributed by atoms with van der Waals surface area (Å²) in [6.07, 6.45) is 5.60. The summed E-state index contributed by atoms with van der Waals surface area (Å²) in [4.78, 5) is 4.31. The van der Waals surface area contributed by atoms with Gasteiger partial charge in [0.1, 0.15) is 0 Å². The molecule has 0 aliphatic heterocycles. The minimum absolute atomic E-state index is 0.277. The van der Waals surface area contributed by atoms with Crippen LogP contribution in [-0.4, -0.2) is 14.6 Å². The van der Waals surface area contributed by atoms with Crippen molar-refractivity contribution in [1.82, 2.24) is 14.6 Å². The number of nitriles is 1. The summed E-state index contributed by atoms with van der Waals surface area (Å²) in [6.45, 7) is 1.94. The zero-order chi connectivity index (χ0) is 10.5. The van der Waals surface area contributed by atoms with E-state index in [4.69, 9.17) is 5.26 Å². The first-order valence-corrected chi connectivity index (χ1v) is 4.97. The van der Waals surface area contributed by atoms with Crippen LogP contribution in [0.2, 0.25) is 0 Å². The summed E-state index contributed by atoms with van der Waals surface area (Å²) in [7, 11) is 0. The van der Waals surface area contributed by atoms with Crippen LogP contribution in [0.1, 0.15) is 24.1 Å². The summed E-state index contributed by atoms with van der Waals surface area (Å²) in [5.74, 6) is 0. The molecule has 4 heteroatoms. The van der Waals surface area contributed by atoms with E-state index < -0.39 is 0 Å². The Labute approximate surface area is 87.2 Å². The zero-order valence-electron chi connectivity index (χ0n) is 8.44. The van der Waals surface area contributed by atoms with Crippen molar-refractivity contribution < 1.29 is 0 Å². The van der Waals surface area contributed by atoms with Crippen LogP contribution in [0.4, 0.5) is 0 Å². The molecule has 3 rings (SSSR count). The van der Waals surface area contributed by atoms with Crippen LogP contribution in [0, 0.1) is 18.3 Å². The van der Waals surface area contributed by atoms with Gasteiger partial charge in [-0.05, 0) is 19.8 Å². The molecular formula is C11H10N4. The molecule has 4 nitrogen and oxygen atoms in total. The second-order valence-corrected chi connectivity index (χ2v) is 4.13. The van der Waals surface area contributed by atoms with Gasteiger partial charge in [0.15, 0.2) is 5.65 Å². The van der Waals surface area contributed by atoms with Gasteiger partial charge in [0.05, 0.1) is 17.2 Å². The van der Waals surface area contributed by atoms with Gasteiger partial charge in [-0.1, -0.05) is 0 Å². The van der Waals surface area contributed by atoms with E-state index in [0.29, 0.717) is 0 Å². The van der Waals surface area contributed by atoms with E-state index in [0.717, 1.165) is 29.7 Å². The van der Waals surface area contributed by atoms with Crippen molar-refractivity contribution in [2.24, 2.45) is 0 Å².